The van der Waals surface area contributed by atoms with Crippen LogP contribution in [0.1, 0.15) is 22.8 Å². The van der Waals surface area contributed by atoms with Crippen LogP contribution >= 0.6 is 0 Å². The van der Waals surface area contributed by atoms with Crippen LogP contribution in [-0.4, -0.2) is 36.5 Å². The number of nitrogens with zero attached hydrogens (tertiary/aromatic N) is 1. The minimum atomic E-state index is -0.797. The SMILES string of the molecule is Cc1cc(C(=O)N2CCNC[C@H]2C)c(F)cc1F. The molecule has 2 rings (SSSR count). The summed E-state index contributed by atoms with van der Waals surface area (Å²) in [4.78, 5) is 13.8. The quantitative estimate of drug-likeness (QED) is 0.827. The fraction of sp³-hybridized carbons (Fsp3) is 0.462. The van der Waals surface area contributed by atoms with Crippen molar-refractivity contribution < 1.29 is 13.6 Å². The smallest absolute Gasteiger partial charge is 0.257 e. The summed E-state index contributed by atoms with van der Waals surface area (Å²) in [5.74, 6) is -1.80. The number of piperazine rings is 1. The number of carbonyl (C=O) groups is 1. The van der Waals surface area contributed by atoms with Gasteiger partial charge in [0.05, 0.1) is 5.56 Å². The van der Waals surface area contributed by atoms with E-state index in [2.05, 4.69) is 5.32 Å². The molecule has 5 heteroatoms. The maximum Gasteiger partial charge on any atom is 0.257 e. The monoisotopic (exact) mass is 254 g/mol. The molecule has 0 aliphatic carbocycles. The second-order valence-corrected chi connectivity index (χ2v) is 4.63. The van der Waals surface area contributed by atoms with Gasteiger partial charge < -0.3 is 10.2 Å². The molecule has 1 heterocycles. The molecule has 1 aromatic rings. The summed E-state index contributed by atoms with van der Waals surface area (Å²) < 4.78 is 26.8. The molecule has 0 unspecified atom stereocenters. The minimum Gasteiger partial charge on any atom is -0.333 e. The van der Waals surface area contributed by atoms with Gasteiger partial charge in [-0.2, -0.15) is 0 Å². The summed E-state index contributed by atoms with van der Waals surface area (Å²) in [5, 5.41) is 3.16. The Labute approximate surface area is 105 Å². The highest BCUT2D eigenvalue weighted by molar-refractivity contribution is 5.95. The van der Waals surface area contributed by atoms with E-state index in [1.807, 2.05) is 6.92 Å². The van der Waals surface area contributed by atoms with Crippen LogP contribution in [0.3, 0.4) is 0 Å². The van der Waals surface area contributed by atoms with Gasteiger partial charge in [-0.15, -0.1) is 0 Å². The van der Waals surface area contributed by atoms with Crippen LogP contribution in [0.5, 0.6) is 0 Å². The molecule has 3 nitrogen and oxygen atoms in total. The lowest BCUT2D eigenvalue weighted by molar-refractivity contribution is 0.0650. The number of nitrogens with one attached hydrogen (secondary N) is 1. The van der Waals surface area contributed by atoms with Crippen LogP contribution in [0.25, 0.3) is 0 Å². The zero-order valence-electron chi connectivity index (χ0n) is 10.5. The Bertz CT molecular complexity index is 476. The van der Waals surface area contributed by atoms with E-state index in [0.717, 1.165) is 6.07 Å². The molecule has 1 aliphatic heterocycles. The van der Waals surface area contributed by atoms with E-state index >= 15 is 0 Å². The summed E-state index contributed by atoms with van der Waals surface area (Å²) in [5.41, 5.74) is 0.227. The van der Waals surface area contributed by atoms with Crippen molar-refractivity contribution in [1.29, 1.82) is 0 Å². The van der Waals surface area contributed by atoms with Crippen molar-refractivity contribution in [2.45, 2.75) is 19.9 Å². The van der Waals surface area contributed by atoms with E-state index < -0.39 is 11.6 Å². The average molecular weight is 254 g/mol. The lowest BCUT2D eigenvalue weighted by atomic mass is 10.1. The number of aryl methyl sites for hydroxylation is 1. The number of rotatable bonds is 1. The Kier molecular flexibility index (Phi) is 3.61. The fourth-order valence-corrected chi connectivity index (χ4v) is 2.12. The number of carbonyl (C=O) groups excluding carboxylic acids is 1. The zero-order chi connectivity index (χ0) is 13.3. The van der Waals surface area contributed by atoms with E-state index in [1.54, 1.807) is 4.90 Å². The van der Waals surface area contributed by atoms with Crippen molar-refractivity contribution in [3.05, 3.63) is 34.9 Å². The Morgan fingerprint density at radius 2 is 2.11 bits per heavy atom. The number of benzene rings is 1. The van der Waals surface area contributed by atoms with Gasteiger partial charge in [0.1, 0.15) is 11.6 Å². The fourth-order valence-electron chi connectivity index (χ4n) is 2.12. The van der Waals surface area contributed by atoms with Crippen molar-refractivity contribution >= 4 is 5.91 Å². The molecule has 0 aromatic heterocycles. The molecule has 0 radical (unpaired) electrons. The third-order valence-corrected chi connectivity index (χ3v) is 3.24. The molecule has 0 bridgehead atoms. The van der Waals surface area contributed by atoms with Crippen molar-refractivity contribution in [3.8, 4) is 0 Å². The van der Waals surface area contributed by atoms with E-state index in [9.17, 15) is 13.6 Å². The van der Waals surface area contributed by atoms with Crippen LogP contribution in [0.2, 0.25) is 0 Å². The van der Waals surface area contributed by atoms with E-state index in [0.29, 0.717) is 19.6 Å². The molecule has 0 saturated carbocycles. The molecule has 98 valence electrons. The van der Waals surface area contributed by atoms with Gasteiger partial charge in [-0.3, -0.25) is 4.79 Å². The average Bonchev–Trinajstić information content (AvgIpc) is 2.33. The van der Waals surface area contributed by atoms with Crippen LogP contribution in [0.15, 0.2) is 12.1 Å². The van der Waals surface area contributed by atoms with E-state index in [-0.39, 0.29) is 23.1 Å². The first-order chi connectivity index (χ1) is 8.50. The molecule has 1 amide bonds. The van der Waals surface area contributed by atoms with Crippen molar-refractivity contribution in [2.24, 2.45) is 0 Å². The molecule has 1 N–H and O–H groups in total. The Balaban J connectivity index is 2.30. The topological polar surface area (TPSA) is 32.3 Å². The van der Waals surface area contributed by atoms with Gasteiger partial charge >= 0.3 is 0 Å². The summed E-state index contributed by atoms with van der Waals surface area (Å²) in [6, 6.07) is 2.06. The maximum absolute atomic E-state index is 13.7. The largest absolute Gasteiger partial charge is 0.333 e. The summed E-state index contributed by atoms with van der Waals surface area (Å²) in [6.45, 7) is 5.34. The molecule has 1 aromatic carbocycles. The number of hydrogen-bond donors (Lipinski definition) is 1. The molecule has 1 fully saturated rings. The van der Waals surface area contributed by atoms with Crippen LogP contribution in [-0.2, 0) is 0 Å². The standard InChI is InChI=1S/C13H16F2N2O/c1-8-5-10(12(15)6-11(8)14)13(18)17-4-3-16-7-9(17)2/h5-6,9,16H,3-4,7H2,1-2H3/t9-/m1/s1. The third kappa shape index (κ3) is 2.36. The molecular formula is C13H16F2N2O. The lowest BCUT2D eigenvalue weighted by Gasteiger charge is -2.34. The van der Waals surface area contributed by atoms with Gasteiger partial charge in [-0.1, -0.05) is 0 Å². The van der Waals surface area contributed by atoms with Gasteiger partial charge in [-0.25, -0.2) is 8.78 Å². The first-order valence-electron chi connectivity index (χ1n) is 5.98. The molecule has 18 heavy (non-hydrogen) atoms. The second-order valence-electron chi connectivity index (χ2n) is 4.63. The molecule has 1 saturated heterocycles. The van der Waals surface area contributed by atoms with Crippen LogP contribution in [0, 0.1) is 18.6 Å². The summed E-state index contributed by atoms with van der Waals surface area (Å²) in [6.07, 6.45) is 0. The van der Waals surface area contributed by atoms with E-state index in [1.165, 1.54) is 13.0 Å². The van der Waals surface area contributed by atoms with Gasteiger partial charge in [0.25, 0.3) is 5.91 Å². The third-order valence-electron chi connectivity index (χ3n) is 3.24. The van der Waals surface area contributed by atoms with E-state index in [4.69, 9.17) is 0 Å². The Hall–Kier alpha value is -1.49. The van der Waals surface area contributed by atoms with Gasteiger partial charge in [0.2, 0.25) is 0 Å². The van der Waals surface area contributed by atoms with Crippen molar-refractivity contribution in [1.82, 2.24) is 10.2 Å². The minimum absolute atomic E-state index is 0.0102. The predicted molar refractivity (Wildman–Crippen MR) is 64.5 cm³/mol. The summed E-state index contributed by atoms with van der Waals surface area (Å²) in [7, 11) is 0. The Morgan fingerprint density at radius 1 is 1.39 bits per heavy atom. The van der Waals surface area contributed by atoms with Gasteiger partial charge in [-0.05, 0) is 25.5 Å². The van der Waals surface area contributed by atoms with Crippen molar-refractivity contribution in [2.75, 3.05) is 19.6 Å². The lowest BCUT2D eigenvalue weighted by Crippen LogP contribution is -2.52. The number of amides is 1. The molecule has 0 spiro atoms. The number of halogens is 2. The van der Waals surface area contributed by atoms with Crippen LogP contribution < -0.4 is 5.32 Å². The predicted octanol–water partition coefficient (Wildman–Crippen LogP) is 1.71. The second kappa shape index (κ2) is 5.02. The van der Waals surface area contributed by atoms with Crippen molar-refractivity contribution in [3.63, 3.8) is 0 Å². The molecule has 1 aliphatic rings. The molecular weight excluding hydrogens is 238 g/mol. The summed E-state index contributed by atoms with van der Waals surface area (Å²) >= 11 is 0. The first kappa shape index (κ1) is 13.0. The normalized spacial score (nSPS) is 20.0. The highest BCUT2D eigenvalue weighted by atomic mass is 19.1. The maximum atomic E-state index is 13.7. The van der Waals surface area contributed by atoms with Crippen LogP contribution in [0.4, 0.5) is 8.78 Å². The number of hydrogen-bond acceptors (Lipinski definition) is 2. The van der Waals surface area contributed by atoms with Gasteiger partial charge in [0, 0.05) is 31.7 Å². The highest BCUT2D eigenvalue weighted by Gasteiger charge is 2.26. The Morgan fingerprint density at radius 3 is 2.78 bits per heavy atom. The first-order valence-corrected chi connectivity index (χ1v) is 5.98. The highest BCUT2D eigenvalue weighted by Crippen LogP contribution is 2.17. The van der Waals surface area contributed by atoms with Gasteiger partial charge in [0.15, 0.2) is 0 Å². The molecule has 1 atom stereocenters. The zero-order valence-corrected chi connectivity index (χ0v) is 10.5.